The van der Waals surface area contributed by atoms with Crippen molar-refractivity contribution < 1.29 is 23.1 Å². The van der Waals surface area contributed by atoms with Gasteiger partial charge in [0.25, 0.3) is 0 Å². The predicted octanol–water partition coefficient (Wildman–Crippen LogP) is 1.24. The van der Waals surface area contributed by atoms with Gasteiger partial charge in [-0.3, -0.25) is 0 Å². The fraction of sp³-hybridized carbons (Fsp3) is 0.235. The average molecular weight is 348 g/mol. The van der Waals surface area contributed by atoms with Gasteiger partial charge in [0, 0.05) is 12.4 Å². The zero-order chi connectivity index (χ0) is 17.6. The molecule has 0 spiro atoms. The number of sulfonamides is 1. The van der Waals surface area contributed by atoms with Crippen LogP contribution in [0.3, 0.4) is 0 Å². The molecule has 2 aromatic rings. The van der Waals surface area contributed by atoms with Crippen molar-refractivity contribution in [2.45, 2.75) is 24.3 Å². The van der Waals surface area contributed by atoms with E-state index < -0.39 is 28.5 Å². The lowest BCUT2D eigenvalue weighted by Gasteiger charge is -2.20. The van der Waals surface area contributed by atoms with Gasteiger partial charge in [-0.1, -0.05) is 30.3 Å². The number of rotatable bonds is 8. The smallest absolute Gasteiger partial charge is 0.241 e. The molecule has 1 atom stereocenters. The lowest BCUT2D eigenvalue weighted by molar-refractivity contribution is -0.306. The molecule has 0 aliphatic heterocycles. The van der Waals surface area contributed by atoms with Crippen molar-refractivity contribution in [1.29, 1.82) is 0 Å². The van der Waals surface area contributed by atoms with E-state index >= 15 is 0 Å². The fourth-order valence-electron chi connectivity index (χ4n) is 2.22. The van der Waals surface area contributed by atoms with Crippen molar-refractivity contribution in [3.8, 4) is 5.75 Å². The summed E-state index contributed by atoms with van der Waals surface area (Å²) in [4.78, 5) is 11.0. The molecule has 0 aliphatic rings. The molecule has 2 rings (SSSR count). The molecule has 2 aromatic carbocycles. The Morgan fingerprint density at radius 2 is 1.75 bits per heavy atom. The van der Waals surface area contributed by atoms with Crippen LogP contribution in [0.1, 0.15) is 24.9 Å². The molecular formula is C17H18NO5S-. The van der Waals surface area contributed by atoms with Gasteiger partial charge in [-0.2, -0.15) is 0 Å². The number of hydrogen-bond donors (Lipinski definition) is 1. The number of carboxylic acids is 1. The molecule has 0 radical (unpaired) electrons. The second-order valence-corrected chi connectivity index (χ2v) is 6.78. The van der Waals surface area contributed by atoms with Gasteiger partial charge in [0.05, 0.1) is 17.5 Å². The van der Waals surface area contributed by atoms with Crippen LogP contribution in [0, 0.1) is 0 Å². The standard InChI is InChI=1S/C17H19NO5S/c1-2-23-14-8-10-15(11-9-14)24(21,22)18-16(12-17(19)20)13-6-4-3-5-7-13/h3-11,16,18H,2,12H2,1H3,(H,19,20)/p-1. The number of carboxylic acid groups (broad SMARTS) is 1. The molecule has 0 saturated heterocycles. The maximum atomic E-state index is 12.5. The van der Waals surface area contributed by atoms with Crippen LogP contribution in [0.15, 0.2) is 59.5 Å². The van der Waals surface area contributed by atoms with Crippen LogP contribution in [-0.2, 0) is 14.8 Å². The normalized spacial score (nSPS) is 12.5. The monoisotopic (exact) mass is 348 g/mol. The second-order valence-electron chi connectivity index (χ2n) is 5.07. The predicted molar refractivity (Wildman–Crippen MR) is 86.7 cm³/mol. The van der Waals surface area contributed by atoms with Crippen molar-refractivity contribution in [1.82, 2.24) is 4.72 Å². The summed E-state index contributed by atoms with van der Waals surface area (Å²) in [7, 11) is -3.88. The van der Waals surface area contributed by atoms with Crippen molar-refractivity contribution in [3.05, 3.63) is 60.2 Å². The van der Waals surface area contributed by atoms with Crippen molar-refractivity contribution in [2.24, 2.45) is 0 Å². The Bertz CT molecular complexity index is 772. The summed E-state index contributed by atoms with van der Waals surface area (Å²) in [5.74, 6) is -0.774. The van der Waals surface area contributed by atoms with E-state index in [-0.39, 0.29) is 4.90 Å². The minimum Gasteiger partial charge on any atom is -0.550 e. The summed E-state index contributed by atoms with van der Waals surface area (Å²) in [5.41, 5.74) is 0.552. The number of carbonyl (C=O) groups excluding carboxylic acids is 1. The second kappa shape index (κ2) is 7.94. The zero-order valence-electron chi connectivity index (χ0n) is 13.1. The Labute approximate surface area is 141 Å². The van der Waals surface area contributed by atoms with E-state index in [0.29, 0.717) is 17.9 Å². The first kappa shape index (κ1) is 18.0. The third kappa shape index (κ3) is 4.81. The highest BCUT2D eigenvalue weighted by atomic mass is 32.2. The zero-order valence-corrected chi connectivity index (χ0v) is 14.0. The minimum absolute atomic E-state index is 0.0326. The minimum atomic E-state index is -3.88. The van der Waals surface area contributed by atoms with Crippen LogP contribution >= 0.6 is 0 Å². The summed E-state index contributed by atoms with van der Waals surface area (Å²) in [6, 6.07) is 13.5. The third-order valence-corrected chi connectivity index (χ3v) is 4.80. The van der Waals surface area contributed by atoms with Crippen LogP contribution in [0.5, 0.6) is 5.75 Å². The third-order valence-electron chi connectivity index (χ3n) is 3.32. The molecule has 1 unspecified atom stereocenters. The van der Waals surface area contributed by atoms with Gasteiger partial charge in [-0.15, -0.1) is 0 Å². The van der Waals surface area contributed by atoms with Crippen LogP contribution in [-0.4, -0.2) is 21.0 Å². The van der Waals surface area contributed by atoms with E-state index in [4.69, 9.17) is 4.74 Å². The molecule has 1 N–H and O–H groups in total. The molecule has 0 heterocycles. The Balaban J connectivity index is 2.24. The first-order chi connectivity index (χ1) is 11.4. The summed E-state index contributed by atoms with van der Waals surface area (Å²) < 4.78 is 32.7. The Morgan fingerprint density at radius 3 is 2.29 bits per heavy atom. The van der Waals surface area contributed by atoms with E-state index in [1.807, 2.05) is 6.92 Å². The molecular weight excluding hydrogens is 330 g/mol. The van der Waals surface area contributed by atoms with Crippen LogP contribution < -0.4 is 14.6 Å². The maximum absolute atomic E-state index is 12.5. The van der Waals surface area contributed by atoms with Gasteiger partial charge in [0.2, 0.25) is 10.0 Å². The molecule has 0 bridgehead atoms. The summed E-state index contributed by atoms with van der Waals surface area (Å²) >= 11 is 0. The van der Waals surface area contributed by atoms with Gasteiger partial charge in [0.1, 0.15) is 5.75 Å². The fourth-order valence-corrected chi connectivity index (χ4v) is 3.44. The number of aliphatic carboxylic acids is 1. The van der Waals surface area contributed by atoms with Crippen LogP contribution in [0.4, 0.5) is 0 Å². The average Bonchev–Trinajstić information content (AvgIpc) is 2.55. The van der Waals surface area contributed by atoms with Crippen molar-refractivity contribution in [2.75, 3.05) is 6.61 Å². The summed E-state index contributed by atoms with van der Waals surface area (Å²) in [6.07, 6.45) is -0.458. The molecule has 0 fully saturated rings. The Morgan fingerprint density at radius 1 is 1.12 bits per heavy atom. The number of nitrogens with one attached hydrogen (secondary N) is 1. The van der Waals surface area contributed by atoms with Crippen molar-refractivity contribution in [3.63, 3.8) is 0 Å². The van der Waals surface area contributed by atoms with Crippen LogP contribution in [0.2, 0.25) is 0 Å². The first-order valence-corrected chi connectivity index (χ1v) is 8.90. The molecule has 0 aromatic heterocycles. The summed E-state index contributed by atoms with van der Waals surface area (Å²) in [6.45, 7) is 2.31. The molecule has 24 heavy (non-hydrogen) atoms. The maximum Gasteiger partial charge on any atom is 0.241 e. The quantitative estimate of drug-likeness (QED) is 0.774. The van der Waals surface area contributed by atoms with Gasteiger partial charge < -0.3 is 14.6 Å². The van der Waals surface area contributed by atoms with E-state index in [9.17, 15) is 18.3 Å². The first-order valence-electron chi connectivity index (χ1n) is 7.42. The van der Waals surface area contributed by atoms with Gasteiger partial charge in [-0.05, 0) is 36.8 Å². The molecule has 6 nitrogen and oxygen atoms in total. The van der Waals surface area contributed by atoms with Crippen LogP contribution in [0.25, 0.3) is 0 Å². The SMILES string of the molecule is CCOc1ccc(S(=O)(=O)NC(CC(=O)[O-])c2ccccc2)cc1. The Hall–Kier alpha value is -2.38. The number of ether oxygens (including phenoxy) is 1. The number of hydrogen-bond acceptors (Lipinski definition) is 5. The van der Waals surface area contributed by atoms with E-state index in [0.717, 1.165) is 0 Å². The molecule has 7 heteroatoms. The molecule has 0 amide bonds. The van der Waals surface area contributed by atoms with Gasteiger partial charge in [-0.25, -0.2) is 13.1 Å². The number of benzene rings is 2. The van der Waals surface area contributed by atoms with E-state index in [1.54, 1.807) is 42.5 Å². The number of carbonyl (C=O) groups is 1. The lowest BCUT2D eigenvalue weighted by atomic mass is 10.1. The van der Waals surface area contributed by atoms with E-state index in [1.165, 1.54) is 12.1 Å². The van der Waals surface area contributed by atoms with Gasteiger partial charge in [0.15, 0.2) is 0 Å². The highest BCUT2D eigenvalue weighted by Gasteiger charge is 2.21. The summed E-state index contributed by atoms with van der Waals surface area (Å²) in [5, 5.41) is 11.0. The molecule has 0 aliphatic carbocycles. The van der Waals surface area contributed by atoms with E-state index in [2.05, 4.69) is 4.72 Å². The van der Waals surface area contributed by atoms with Crippen molar-refractivity contribution >= 4 is 16.0 Å². The highest BCUT2D eigenvalue weighted by molar-refractivity contribution is 7.89. The largest absolute Gasteiger partial charge is 0.550 e. The lowest BCUT2D eigenvalue weighted by Crippen LogP contribution is -2.34. The molecule has 0 saturated carbocycles. The molecule has 128 valence electrons. The topological polar surface area (TPSA) is 95.5 Å². The van der Waals surface area contributed by atoms with Gasteiger partial charge >= 0.3 is 0 Å². The highest BCUT2D eigenvalue weighted by Crippen LogP contribution is 2.21. The Kier molecular flexibility index (Phi) is 5.94.